The van der Waals surface area contributed by atoms with Crippen LogP contribution in [0.5, 0.6) is 0 Å². The third-order valence-corrected chi connectivity index (χ3v) is 5.66. The van der Waals surface area contributed by atoms with Crippen molar-refractivity contribution in [2.24, 2.45) is 0 Å². The largest absolute Gasteiger partial charge is 0.342 e. The summed E-state index contributed by atoms with van der Waals surface area (Å²) in [6.07, 6.45) is 5.78. The summed E-state index contributed by atoms with van der Waals surface area (Å²) >= 11 is 0. The van der Waals surface area contributed by atoms with Gasteiger partial charge in [0.25, 0.3) is 5.91 Å². The lowest BCUT2D eigenvalue weighted by molar-refractivity contribution is 0.0699. The van der Waals surface area contributed by atoms with Crippen LogP contribution in [0.3, 0.4) is 0 Å². The molecule has 28 heavy (non-hydrogen) atoms. The van der Waals surface area contributed by atoms with E-state index in [-0.39, 0.29) is 11.8 Å². The lowest BCUT2D eigenvalue weighted by Gasteiger charge is -2.31. The van der Waals surface area contributed by atoms with Crippen LogP contribution in [0.2, 0.25) is 0 Å². The fraction of sp³-hybridized carbons (Fsp3) is 0.318. The second-order valence-corrected chi connectivity index (χ2v) is 7.78. The van der Waals surface area contributed by atoms with Gasteiger partial charge >= 0.3 is 0 Å². The number of aryl methyl sites for hydroxylation is 2. The summed E-state index contributed by atoms with van der Waals surface area (Å²) in [7, 11) is 0. The van der Waals surface area contributed by atoms with Crippen LogP contribution in [0, 0.1) is 13.8 Å². The zero-order chi connectivity index (χ0) is 19.3. The predicted octanol–water partition coefficient (Wildman–Crippen LogP) is 3.85. The number of carbonyl (C=O) groups is 1. The molecule has 0 spiro atoms. The first kappa shape index (κ1) is 17.0. The van der Waals surface area contributed by atoms with Crippen molar-refractivity contribution in [3.8, 4) is 0 Å². The minimum atomic E-state index is -0.00153. The molecule has 6 heteroatoms. The molecule has 3 aromatic heterocycles. The van der Waals surface area contributed by atoms with E-state index in [1.54, 1.807) is 0 Å². The summed E-state index contributed by atoms with van der Waals surface area (Å²) in [4.78, 5) is 27.8. The van der Waals surface area contributed by atoms with E-state index in [2.05, 4.69) is 29.0 Å². The smallest absolute Gasteiger partial charge is 0.274 e. The van der Waals surface area contributed by atoms with E-state index in [0.717, 1.165) is 47.5 Å². The minimum absolute atomic E-state index is 0.00153. The number of aromatic amines is 1. The van der Waals surface area contributed by atoms with Crippen LogP contribution in [0.15, 0.2) is 42.7 Å². The highest BCUT2D eigenvalue weighted by Crippen LogP contribution is 2.28. The highest BCUT2D eigenvalue weighted by atomic mass is 16.2. The molecule has 0 radical (unpaired) electrons. The second kappa shape index (κ2) is 6.48. The molecule has 1 saturated heterocycles. The molecule has 1 aliphatic rings. The molecule has 4 heterocycles. The van der Waals surface area contributed by atoms with Crippen molar-refractivity contribution in [1.29, 1.82) is 0 Å². The van der Waals surface area contributed by atoms with Gasteiger partial charge in [-0.25, -0.2) is 9.97 Å². The average molecular weight is 373 g/mol. The summed E-state index contributed by atoms with van der Waals surface area (Å²) in [5.41, 5.74) is 5.71. The molecule has 4 aromatic rings. The van der Waals surface area contributed by atoms with E-state index in [1.165, 1.54) is 5.56 Å². The zero-order valence-corrected chi connectivity index (χ0v) is 16.1. The molecular weight excluding hydrogens is 350 g/mol. The Morgan fingerprint density at radius 2 is 2.11 bits per heavy atom. The van der Waals surface area contributed by atoms with E-state index >= 15 is 0 Å². The number of rotatable bonds is 2. The maximum Gasteiger partial charge on any atom is 0.274 e. The van der Waals surface area contributed by atoms with Gasteiger partial charge in [0.2, 0.25) is 0 Å². The second-order valence-electron chi connectivity index (χ2n) is 7.78. The van der Waals surface area contributed by atoms with Crippen LogP contribution in [-0.2, 0) is 0 Å². The number of para-hydroxylation sites is 1. The number of carbonyl (C=O) groups excluding carboxylic acids is 1. The Morgan fingerprint density at radius 3 is 2.96 bits per heavy atom. The molecule has 142 valence electrons. The van der Waals surface area contributed by atoms with E-state index in [9.17, 15) is 4.79 Å². The van der Waals surface area contributed by atoms with Gasteiger partial charge in [-0.3, -0.25) is 4.79 Å². The molecule has 1 amide bonds. The Morgan fingerprint density at radius 1 is 1.21 bits per heavy atom. The van der Waals surface area contributed by atoms with E-state index in [1.807, 2.05) is 46.8 Å². The molecule has 0 unspecified atom stereocenters. The van der Waals surface area contributed by atoms with Gasteiger partial charge in [-0.1, -0.05) is 12.1 Å². The monoisotopic (exact) mass is 373 g/mol. The fourth-order valence-electron chi connectivity index (χ4n) is 4.12. The third kappa shape index (κ3) is 2.85. The van der Waals surface area contributed by atoms with Crippen molar-refractivity contribution >= 4 is 22.6 Å². The molecule has 1 atom stereocenters. The molecule has 0 bridgehead atoms. The number of benzene rings is 1. The minimum Gasteiger partial charge on any atom is -0.342 e. The number of hydrogen-bond donors (Lipinski definition) is 1. The van der Waals surface area contributed by atoms with Gasteiger partial charge in [-0.2, -0.15) is 0 Å². The quantitative estimate of drug-likeness (QED) is 0.580. The van der Waals surface area contributed by atoms with Gasteiger partial charge in [0.05, 0.1) is 11.0 Å². The van der Waals surface area contributed by atoms with Crippen molar-refractivity contribution < 1.29 is 4.79 Å². The summed E-state index contributed by atoms with van der Waals surface area (Å²) in [6.45, 7) is 5.54. The number of hydrogen-bond acceptors (Lipinski definition) is 3. The Bertz CT molecular complexity index is 1190. The Balaban J connectivity index is 1.40. The Kier molecular flexibility index (Phi) is 3.93. The zero-order valence-electron chi connectivity index (χ0n) is 16.1. The number of imidazole rings is 2. The normalized spacial score (nSPS) is 17.5. The van der Waals surface area contributed by atoms with Crippen LogP contribution >= 0.6 is 0 Å². The van der Waals surface area contributed by atoms with Crippen molar-refractivity contribution in [3.05, 3.63) is 65.4 Å². The maximum absolute atomic E-state index is 13.1. The van der Waals surface area contributed by atoms with Gasteiger partial charge in [0.15, 0.2) is 0 Å². The van der Waals surface area contributed by atoms with Gasteiger partial charge in [-0.05, 0) is 56.0 Å². The number of piperidine rings is 1. The third-order valence-electron chi connectivity index (χ3n) is 5.66. The summed E-state index contributed by atoms with van der Waals surface area (Å²) in [5.74, 6) is 1.20. The molecule has 1 fully saturated rings. The molecule has 1 N–H and O–H groups in total. The van der Waals surface area contributed by atoms with Crippen molar-refractivity contribution in [1.82, 2.24) is 24.3 Å². The number of amides is 1. The number of nitrogens with one attached hydrogen (secondary N) is 1. The Hall–Kier alpha value is -3.15. The predicted molar refractivity (Wildman–Crippen MR) is 109 cm³/mol. The first-order valence-corrected chi connectivity index (χ1v) is 9.78. The van der Waals surface area contributed by atoms with E-state index < -0.39 is 0 Å². The van der Waals surface area contributed by atoms with Gasteiger partial charge < -0.3 is 14.3 Å². The highest BCUT2D eigenvalue weighted by Gasteiger charge is 2.28. The number of fused-ring (bicyclic) bond motifs is 2. The lowest BCUT2D eigenvalue weighted by Crippen LogP contribution is -2.39. The van der Waals surface area contributed by atoms with E-state index in [0.29, 0.717) is 12.2 Å². The lowest BCUT2D eigenvalue weighted by atomic mass is 9.97. The molecule has 6 nitrogen and oxygen atoms in total. The van der Waals surface area contributed by atoms with Crippen molar-refractivity contribution in [3.63, 3.8) is 0 Å². The van der Waals surface area contributed by atoms with Gasteiger partial charge in [0, 0.05) is 31.4 Å². The van der Waals surface area contributed by atoms with Gasteiger partial charge in [-0.15, -0.1) is 0 Å². The van der Waals surface area contributed by atoms with Crippen molar-refractivity contribution in [2.75, 3.05) is 13.1 Å². The number of aromatic nitrogens is 4. The standard InChI is InChI=1S/C22H23N5O/c1-14-8-10-26-13-18(23-19(26)11-14)22(28)27-9-4-6-16(12-27)21-24-17-7-3-5-15(2)20(17)25-21/h3,5,7-8,10-11,13,16H,4,6,9,12H2,1-2H3,(H,24,25)/t16-/m0/s1. The van der Waals surface area contributed by atoms with Crippen LogP contribution < -0.4 is 0 Å². The SMILES string of the molecule is Cc1ccn2cc(C(=O)N3CCC[C@H](c4nc5c(C)cccc5[nH]4)C3)nc2c1. The van der Waals surface area contributed by atoms with Crippen LogP contribution in [0.4, 0.5) is 0 Å². The first-order chi connectivity index (χ1) is 13.6. The summed E-state index contributed by atoms with van der Waals surface area (Å²) in [6, 6.07) is 10.2. The first-order valence-electron chi connectivity index (χ1n) is 9.78. The van der Waals surface area contributed by atoms with Crippen LogP contribution in [0.25, 0.3) is 16.7 Å². The summed E-state index contributed by atoms with van der Waals surface area (Å²) < 4.78 is 1.91. The molecular formula is C22H23N5O. The van der Waals surface area contributed by atoms with E-state index in [4.69, 9.17) is 4.98 Å². The number of H-pyrrole nitrogens is 1. The highest BCUT2D eigenvalue weighted by molar-refractivity contribution is 5.93. The molecule has 1 aromatic carbocycles. The average Bonchev–Trinajstić information content (AvgIpc) is 3.32. The maximum atomic E-state index is 13.1. The molecule has 0 aliphatic carbocycles. The molecule has 0 saturated carbocycles. The fourth-order valence-corrected chi connectivity index (χ4v) is 4.12. The molecule has 1 aliphatic heterocycles. The number of pyridine rings is 1. The van der Waals surface area contributed by atoms with Gasteiger partial charge in [0.1, 0.15) is 17.2 Å². The topological polar surface area (TPSA) is 66.3 Å². The number of nitrogens with zero attached hydrogens (tertiary/aromatic N) is 4. The van der Waals surface area contributed by atoms with Crippen molar-refractivity contribution in [2.45, 2.75) is 32.6 Å². The van der Waals surface area contributed by atoms with Crippen LogP contribution in [0.1, 0.15) is 46.2 Å². The number of likely N-dealkylation sites (tertiary alicyclic amines) is 1. The molecule has 5 rings (SSSR count). The summed E-state index contributed by atoms with van der Waals surface area (Å²) in [5, 5.41) is 0. The van der Waals surface area contributed by atoms with Crippen LogP contribution in [-0.4, -0.2) is 43.2 Å². The Labute approximate surface area is 163 Å².